The molecule has 1 aromatic carbocycles. The molecule has 0 bridgehead atoms. The third kappa shape index (κ3) is 2.65. The van der Waals surface area contributed by atoms with Gasteiger partial charge in [-0.15, -0.1) is 11.3 Å². The summed E-state index contributed by atoms with van der Waals surface area (Å²) in [5.74, 6) is 0.602. The monoisotopic (exact) mass is 358 g/mol. The molecule has 0 saturated carbocycles. The quantitative estimate of drug-likeness (QED) is 0.498. The van der Waals surface area contributed by atoms with E-state index in [4.69, 9.17) is 0 Å². The van der Waals surface area contributed by atoms with Gasteiger partial charge in [-0.1, -0.05) is 12.1 Å². The van der Waals surface area contributed by atoms with Gasteiger partial charge in [0.2, 0.25) is 0 Å². The average Bonchev–Trinajstić information content (AvgIpc) is 3.31. The molecule has 4 nitrogen and oxygen atoms in total. The van der Waals surface area contributed by atoms with Crippen molar-refractivity contribution in [2.24, 2.45) is 0 Å². The first-order valence-corrected chi connectivity index (χ1v) is 9.32. The number of benzene rings is 1. The molecule has 0 aliphatic heterocycles. The first-order valence-electron chi connectivity index (χ1n) is 8.37. The van der Waals surface area contributed by atoms with E-state index in [1.807, 2.05) is 30.3 Å². The van der Waals surface area contributed by atoms with Crippen molar-refractivity contribution in [2.45, 2.75) is 20.8 Å². The molecule has 1 N–H and O–H groups in total. The number of aromatic amines is 1. The van der Waals surface area contributed by atoms with Crippen LogP contribution in [0.3, 0.4) is 0 Å². The van der Waals surface area contributed by atoms with E-state index in [9.17, 15) is 5.26 Å². The van der Waals surface area contributed by atoms with Gasteiger partial charge in [-0.25, -0.2) is 4.98 Å². The van der Waals surface area contributed by atoms with Crippen LogP contribution >= 0.6 is 11.3 Å². The summed E-state index contributed by atoms with van der Waals surface area (Å²) >= 11 is 1.70. The predicted octanol–water partition coefficient (Wildman–Crippen LogP) is 5.40. The van der Waals surface area contributed by atoms with Gasteiger partial charge in [0.1, 0.15) is 11.9 Å². The first kappa shape index (κ1) is 16.4. The summed E-state index contributed by atoms with van der Waals surface area (Å²) in [5.41, 5.74) is 8.08. The summed E-state index contributed by atoms with van der Waals surface area (Å²) in [6.07, 6.45) is 1.91. The van der Waals surface area contributed by atoms with Crippen LogP contribution in [0.5, 0.6) is 0 Å². The van der Waals surface area contributed by atoms with Crippen molar-refractivity contribution in [3.63, 3.8) is 0 Å². The number of hydrogen-bond donors (Lipinski definition) is 1. The maximum Gasteiger partial charge on any atom is 0.149 e. The summed E-state index contributed by atoms with van der Waals surface area (Å²) in [7, 11) is 0. The van der Waals surface area contributed by atoms with Crippen molar-refractivity contribution >= 4 is 34.0 Å². The molecule has 0 saturated heterocycles. The van der Waals surface area contributed by atoms with Crippen LogP contribution in [0.1, 0.15) is 28.3 Å². The summed E-state index contributed by atoms with van der Waals surface area (Å²) in [4.78, 5) is 7.79. The SMILES string of the molecule is Cc1cscc1-n1c(C)cc(C=C(C#N)c2nc3ccccc3[nH]2)c1C. The van der Waals surface area contributed by atoms with E-state index >= 15 is 0 Å². The highest BCUT2D eigenvalue weighted by Gasteiger charge is 2.14. The Balaban J connectivity index is 1.82. The number of para-hydroxylation sites is 2. The number of nitriles is 1. The number of imidazole rings is 1. The molecule has 0 fully saturated rings. The van der Waals surface area contributed by atoms with Gasteiger partial charge >= 0.3 is 0 Å². The van der Waals surface area contributed by atoms with Gasteiger partial charge in [-0.05, 0) is 61.6 Å². The van der Waals surface area contributed by atoms with Gasteiger partial charge in [0, 0.05) is 16.8 Å². The summed E-state index contributed by atoms with van der Waals surface area (Å²) in [5, 5.41) is 14.0. The zero-order valence-corrected chi connectivity index (χ0v) is 15.7. The van der Waals surface area contributed by atoms with E-state index in [0.29, 0.717) is 11.4 Å². The molecule has 4 aromatic rings. The summed E-state index contributed by atoms with van der Waals surface area (Å²) < 4.78 is 2.24. The molecule has 0 amide bonds. The highest BCUT2D eigenvalue weighted by atomic mass is 32.1. The molecule has 0 unspecified atom stereocenters. The van der Waals surface area contributed by atoms with Crippen LogP contribution in [0.15, 0.2) is 41.1 Å². The van der Waals surface area contributed by atoms with Crippen LogP contribution in [0, 0.1) is 32.1 Å². The minimum Gasteiger partial charge on any atom is -0.337 e. The van der Waals surface area contributed by atoms with Crippen LogP contribution in [-0.2, 0) is 0 Å². The molecule has 4 rings (SSSR count). The summed E-state index contributed by atoms with van der Waals surface area (Å²) in [6.45, 7) is 6.30. The fourth-order valence-corrected chi connectivity index (χ4v) is 4.09. The van der Waals surface area contributed by atoms with Crippen LogP contribution in [0.25, 0.3) is 28.4 Å². The molecule has 26 heavy (non-hydrogen) atoms. The minimum absolute atomic E-state index is 0.531. The lowest BCUT2D eigenvalue weighted by atomic mass is 10.1. The molecular weight excluding hydrogens is 340 g/mol. The molecule has 0 aliphatic rings. The number of H-pyrrole nitrogens is 1. The molecule has 0 spiro atoms. The number of aryl methyl sites for hydroxylation is 2. The van der Waals surface area contributed by atoms with Gasteiger partial charge in [-0.2, -0.15) is 5.26 Å². The Labute approximate surface area is 156 Å². The third-order valence-electron chi connectivity index (χ3n) is 4.60. The van der Waals surface area contributed by atoms with E-state index in [1.54, 1.807) is 11.3 Å². The number of allylic oxidation sites excluding steroid dienone is 1. The van der Waals surface area contributed by atoms with Crippen LogP contribution in [-0.4, -0.2) is 14.5 Å². The maximum absolute atomic E-state index is 9.68. The minimum atomic E-state index is 0.531. The molecule has 3 heterocycles. The van der Waals surface area contributed by atoms with Crippen LogP contribution in [0.2, 0.25) is 0 Å². The van der Waals surface area contributed by atoms with E-state index in [2.05, 4.69) is 58.2 Å². The van der Waals surface area contributed by atoms with Crippen LogP contribution in [0.4, 0.5) is 0 Å². The number of nitrogens with zero attached hydrogens (tertiary/aromatic N) is 3. The molecular formula is C21H18N4S. The van der Waals surface area contributed by atoms with Crippen molar-refractivity contribution < 1.29 is 0 Å². The molecule has 128 valence electrons. The normalized spacial score (nSPS) is 11.8. The zero-order chi connectivity index (χ0) is 18.3. The fourth-order valence-electron chi connectivity index (χ4n) is 3.28. The lowest BCUT2D eigenvalue weighted by Crippen LogP contribution is -1.99. The lowest BCUT2D eigenvalue weighted by molar-refractivity contribution is 0.961. The summed E-state index contributed by atoms with van der Waals surface area (Å²) in [6, 6.07) is 12.2. The first-order chi connectivity index (χ1) is 12.6. The zero-order valence-electron chi connectivity index (χ0n) is 14.9. The number of nitrogens with one attached hydrogen (secondary N) is 1. The second kappa shape index (κ2) is 6.32. The largest absolute Gasteiger partial charge is 0.337 e. The van der Waals surface area contributed by atoms with E-state index in [0.717, 1.165) is 28.0 Å². The van der Waals surface area contributed by atoms with Gasteiger partial charge in [-0.3, -0.25) is 0 Å². The Bertz CT molecular complexity index is 1150. The van der Waals surface area contributed by atoms with E-state index < -0.39 is 0 Å². The van der Waals surface area contributed by atoms with E-state index in [1.165, 1.54) is 11.3 Å². The Morgan fingerprint density at radius 2 is 2.04 bits per heavy atom. The number of aromatic nitrogens is 3. The third-order valence-corrected chi connectivity index (χ3v) is 5.45. The number of hydrogen-bond acceptors (Lipinski definition) is 3. The number of rotatable bonds is 3. The molecule has 0 radical (unpaired) electrons. The molecule has 0 aliphatic carbocycles. The topological polar surface area (TPSA) is 57.4 Å². The lowest BCUT2D eigenvalue weighted by Gasteiger charge is -2.08. The number of fused-ring (bicyclic) bond motifs is 1. The average molecular weight is 358 g/mol. The van der Waals surface area contributed by atoms with Crippen molar-refractivity contribution in [2.75, 3.05) is 0 Å². The van der Waals surface area contributed by atoms with E-state index in [-0.39, 0.29) is 0 Å². The molecule has 3 aromatic heterocycles. The predicted molar refractivity (Wildman–Crippen MR) is 107 cm³/mol. The van der Waals surface area contributed by atoms with Gasteiger partial charge < -0.3 is 9.55 Å². The Morgan fingerprint density at radius 1 is 1.23 bits per heavy atom. The van der Waals surface area contributed by atoms with Crippen LogP contribution < -0.4 is 0 Å². The second-order valence-electron chi connectivity index (χ2n) is 6.37. The van der Waals surface area contributed by atoms with Gasteiger partial charge in [0.15, 0.2) is 0 Å². The second-order valence-corrected chi connectivity index (χ2v) is 7.12. The molecule has 0 atom stereocenters. The van der Waals surface area contributed by atoms with Gasteiger partial charge in [0.05, 0.1) is 22.3 Å². The Kier molecular flexibility index (Phi) is 3.98. The highest BCUT2D eigenvalue weighted by molar-refractivity contribution is 7.08. The Morgan fingerprint density at radius 3 is 2.73 bits per heavy atom. The van der Waals surface area contributed by atoms with Crippen molar-refractivity contribution in [3.05, 3.63) is 69.4 Å². The van der Waals surface area contributed by atoms with Crippen molar-refractivity contribution in [3.8, 4) is 11.8 Å². The number of thiophene rings is 1. The standard InChI is InChI=1S/C21H18N4S/c1-13-11-26-12-20(13)25-14(2)8-16(15(25)3)9-17(10-22)21-23-18-6-4-5-7-19(18)24-21/h4-9,11-12H,1-3H3,(H,23,24). The van der Waals surface area contributed by atoms with Crippen molar-refractivity contribution in [1.82, 2.24) is 14.5 Å². The molecule has 5 heteroatoms. The smallest absolute Gasteiger partial charge is 0.149 e. The van der Waals surface area contributed by atoms with Gasteiger partial charge in [0.25, 0.3) is 0 Å². The fraction of sp³-hybridized carbons (Fsp3) is 0.143. The highest BCUT2D eigenvalue weighted by Crippen LogP contribution is 2.28. The maximum atomic E-state index is 9.68. The Hall–Kier alpha value is -3.10. The van der Waals surface area contributed by atoms with Crippen molar-refractivity contribution in [1.29, 1.82) is 5.26 Å².